The van der Waals surface area contributed by atoms with Gasteiger partial charge in [0.15, 0.2) is 5.60 Å². The van der Waals surface area contributed by atoms with Gasteiger partial charge in [-0.3, -0.25) is 4.68 Å². The van der Waals surface area contributed by atoms with Gasteiger partial charge in [-0.05, 0) is 55.0 Å². The molecule has 1 aliphatic rings. The number of ether oxygens (including phenoxy) is 1. The van der Waals surface area contributed by atoms with E-state index in [1.807, 2.05) is 18.2 Å². The largest absolute Gasteiger partial charge is 0.419 e. The van der Waals surface area contributed by atoms with Gasteiger partial charge in [0.25, 0.3) is 0 Å². The van der Waals surface area contributed by atoms with E-state index in [1.54, 1.807) is 29.0 Å². The van der Waals surface area contributed by atoms with E-state index in [0.717, 1.165) is 18.0 Å². The minimum atomic E-state index is -4.54. The highest BCUT2D eigenvalue weighted by molar-refractivity contribution is 5.84. The predicted molar refractivity (Wildman–Crippen MR) is 101 cm³/mol. The third-order valence-corrected chi connectivity index (χ3v) is 5.44. The topological polar surface area (TPSA) is 44.4 Å². The highest BCUT2D eigenvalue weighted by Gasteiger charge is 2.55. The molecule has 9 heteroatoms. The fourth-order valence-corrected chi connectivity index (χ4v) is 3.70. The zero-order chi connectivity index (χ0) is 21.1. The predicted octanol–water partition coefficient (Wildman–Crippen LogP) is 4.86. The molecule has 5 rings (SSSR count). The maximum atomic E-state index is 13.5. The van der Waals surface area contributed by atoms with E-state index in [0.29, 0.717) is 22.5 Å². The summed E-state index contributed by atoms with van der Waals surface area (Å²) in [5.41, 5.74) is 1.55. The van der Waals surface area contributed by atoms with Crippen LogP contribution in [0.1, 0.15) is 12.6 Å². The van der Waals surface area contributed by atoms with E-state index < -0.39 is 24.1 Å². The Bertz CT molecular complexity index is 1240. The van der Waals surface area contributed by atoms with Gasteiger partial charge in [-0.2, -0.15) is 23.4 Å². The number of rotatable bonds is 2. The standard InChI is InChI=1S/C21H16F4N4O/c1-20(21(23,24)25)12-29-17(11-30-20)18(14-7-9-28-16(10-14)6-8-26-28)19(27-29)13-2-4-15(22)5-3-13/h2-10H,11-12H2,1H3/t20-/m1/s1. The molecular weight excluding hydrogens is 400 g/mol. The van der Waals surface area contributed by atoms with Crippen LogP contribution in [-0.2, 0) is 17.9 Å². The molecule has 0 radical (unpaired) electrons. The second-order valence-corrected chi connectivity index (χ2v) is 7.47. The molecule has 0 N–H and O–H groups in total. The number of hydrogen-bond donors (Lipinski definition) is 0. The van der Waals surface area contributed by atoms with Crippen molar-refractivity contribution >= 4 is 5.52 Å². The molecule has 154 valence electrons. The van der Waals surface area contributed by atoms with Crippen molar-refractivity contribution in [2.45, 2.75) is 31.9 Å². The van der Waals surface area contributed by atoms with Gasteiger partial charge in [-0.25, -0.2) is 8.91 Å². The van der Waals surface area contributed by atoms with Crippen molar-refractivity contribution in [1.29, 1.82) is 0 Å². The van der Waals surface area contributed by atoms with Crippen LogP contribution in [0.3, 0.4) is 0 Å². The normalized spacial score (nSPS) is 19.2. The molecule has 4 aromatic rings. The maximum Gasteiger partial charge on any atom is 0.419 e. The van der Waals surface area contributed by atoms with Crippen molar-refractivity contribution in [2.75, 3.05) is 0 Å². The molecule has 0 bridgehead atoms. The Kier molecular flexibility index (Phi) is 4.01. The summed E-state index contributed by atoms with van der Waals surface area (Å²) in [7, 11) is 0. The lowest BCUT2D eigenvalue weighted by atomic mass is 9.98. The first kappa shape index (κ1) is 18.8. The number of benzene rings is 1. The van der Waals surface area contributed by atoms with Gasteiger partial charge in [0.1, 0.15) is 11.5 Å². The molecule has 0 spiro atoms. The number of hydrogen-bond acceptors (Lipinski definition) is 3. The van der Waals surface area contributed by atoms with Crippen LogP contribution in [0, 0.1) is 5.82 Å². The first-order chi connectivity index (χ1) is 14.2. The minimum absolute atomic E-state index is 0.246. The first-order valence-electron chi connectivity index (χ1n) is 9.25. The van der Waals surface area contributed by atoms with Crippen LogP contribution >= 0.6 is 0 Å². The lowest BCUT2D eigenvalue weighted by Gasteiger charge is -2.36. The Balaban J connectivity index is 1.71. The zero-order valence-electron chi connectivity index (χ0n) is 15.8. The van der Waals surface area contributed by atoms with Crippen molar-refractivity contribution in [3.63, 3.8) is 0 Å². The van der Waals surface area contributed by atoms with Crippen molar-refractivity contribution in [3.8, 4) is 22.4 Å². The van der Waals surface area contributed by atoms with Gasteiger partial charge in [-0.15, -0.1) is 0 Å². The Morgan fingerprint density at radius 1 is 1.07 bits per heavy atom. The molecule has 4 heterocycles. The molecule has 0 amide bonds. The highest BCUT2D eigenvalue weighted by atomic mass is 19.4. The summed E-state index contributed by atoms with van der Waals surface area (Å²) in [4.78, 5) is 0. The Morgan fingerprint density at radius 3 is 2.57 bits per heavy atom. The first-order valence-corrected chi connectivity index (χ1v) is 9.25. The molecule has 0 aliphatic carbocycles. The summed E-state index contributed by atoms with van der Waals surface area (Å²) in [6.45, 7) is 0.312. The second kappa shape index (κ2) is 6.40. The summed E-state index contributed by atoms with van der Waals surface area (Å²) in [6, 6.07) is 11.3. The SMILES string of the molecule is C[C@]1(C(F)(F)F)Cn2nc(-c3ccc(F)cc3)c(-c3ccn4nccc4c3)c2CO1. The third kappa shape index (κ3) is 2.88. The summed E-state index contributed by atoms with van der Waals surface area (Å²) < 4.78 is 62.4. The second-order valence-electron chi connectivity index (χ2n) is 7.47. The van der Waals surface area contributed by atoms with E-state index in [1.165, 1.54) is 16.8 Å². The molecule has 1 aliphatic heterocycles. The van der Waals surface area contributed by atoms with Crippen molar-refractivity contribution < 1.29 is 22.3 Å². The van der Waals surface area contributed by atoms with Crippen molar-refractivity contribution in [1.82, 2.24) is 19.4 Å². The number of nitrogens with zero attached hydrogens (tertiary/aromatic N) is 4. The van der Waals surface area contributed by atoms with Crippen LogP contribution in [0.4, 0.5) is 17.6 Å². The molecular formula is C21H16F4N4O. The van der Waals surface area contributed by atoms with E-state index in [-0.39, 0.29) is 6.61 Å². The molecule has 0 unspecified atom stereocenters. The minimum Gasteiger partial charge on any atom is -0.358 e. The van der Waals surface area contributed by atoms with Crippen LogP contribution in [0.25, 0.3) is 27.9 Å². The average Bonchev–Trinajstić information content (AvgIpc) is 3.31. The number of fused-ring (bicyclic) bond motifs is 2. The van der Waals surface area contributed by atoms with E-state index >= 15 is 0 Å². The smallest absolute Gasteiger partial charge is 0.358 e. The van der Waals surface area contributed by atoms with Crippen LogP contribution in [0.15, 0.2) is 54.9 Å². The van der Waals surface area contributed by atoms with Crippen molar-refractivity contribution in [2.24, 2.45) is 0 Å². The molecule has 5 nitrogen and oxygen atoms in total. The lowest BCUT2D eigenvalue weighted by molar-refractivity contribution is -0.287. The van der Waals surface area contributed by atoms with Gasteiger partial charge in [0.2, 0.25) is 0 Å². The maximum absolute atomic E-state index is 13.5. The number of alkyl halides is 3. The van der Waals surface area contributed by atoms with E-state index in [2.05, 4.69) is 10.2 Å². The molecule has 0 fully saturated rings. The number of pyridine rings is 1. The summed E-state index contributed by atoms with van der Waals surface area (Å²) in [5, 5.41) is 8.66. The Morgan fingerprint density at radius 2 is 1.83 bits per heavy atom. The van der Waals surface area contributed by atoms with E-state index in [9.17, 15) is 17.6 Å². The third-order valence-electron chi connectivity index (χ3n) is 5.44. The van der Waals surface area contributed by atoms with Gasteiger partial charge >= 0.3 is 6.18 Å². The van der Waals surface area contributed by atoms with Crippen molar-refractivity contribution in [3.05, 3.63) is 66.4 Å². The number of halogens is 4. The van der Waals surface area contributed by atoms with Gasteiger partial charge < -0.3 is 4.74 Å². The lowest BCUT2D eigenvalue weighted by Crippen LogP contribution is -2.51. The fourth-order valence-electron chi connectivity index (χ4n) is 3.70. The summed E-state index contributed by atoms with van der Waals surface area (Å²) in [6.07, 6.45) is -1.11. The monoisotopic (exact) mass is 416 g/mol. The molecule has 0 saturated heterocycles. The Hall–Kier alpha value is -3.20. The molecule has 1 aromatic carbocycles. The average molecular weight is 416 g/mol. The van der Waals surface area contributed by atoms with Gasteiger partial charge in [-0.1, -0.05) is 0 Å². The fraction of sp³-hybridized carbons (Fsp3) is 0.238. The summed E-state index contributed by atoms with van der Waals surface area (Å²) >= 11 is 0. The molecule has 30 heavy (non-hydrogen) atoms. The van der Waals surface area contributed by atoms with Crippen LogP contribution < -0.4 is 0 Å². The van der Waals surface area contributed by atoms with Crippen LogP contribution in [0.5, 0.6) is 0 Å². The molecule has 3 aromatic heterocycles. The molecule has 1 atom stereocenters. The van der Waals surface area contributed by atoms with Crippen LogP contribution in [-0.4, -0.2) is 31.2 Å². The Labute approximate surface area is 168 Å². The van der Waals surface area contributed by atoms with Gasteiger partial charge in [0.05, 0.1) is 24.4 Å². The summed E-state index contributed by atoms with van der Waals surface area (Å²) in [5.74, 6) is -0.405. The highest BCUT2D eigenvalue weighted by Crippen LogP contribution is 2.43. The van der Waals surface area contributed by atoms with E-state index in [4.69, 9.17) is 4.74 Å². The van der Waals surface area contributed by atoms with Crippen LogP contribution in [0.2, 0.25) is 0 Å². The quantitative estimate of drug-likeness (QED) is 0.439. The molecule has 0 saturated carbocycles. The zero-order valence-corrected chi connectivity index (χ0v) is 15.8. The number of aromatic nitrogens is 4. The van der Waals surface area contributed by atoms with Gasteiger partial charge in [0, 0.05) is 23.5 Å².